The highest BCUT2D eigenvalue weighted by atomic mass is 35.5. The highest BCUT2D eigenvalue weighted by Crippen LogP contribution is 2.37. The molecule has 0 saturated carbocycles. The fraction of sp³-hybridized carbons (Fsp3) is 0.400. The lowest BCUT2D eigenvalue weighted by atomic mass is 9.96. The second-order valence-corrected chi connectivity index (χ2v) is 3.36. The maximum absolute atomic E-state index is 12.5. The summed E-state index contributed by atoms with van der Waals surface area (Å²) in [5.41, 5.74) is 0.278. The third kappa shape index (κ3) is 2.91. The van der Waals surface area contributed by atoms with Crippen LogP contribution < -0.4 is 0 Å². The fourth-order valence-corrected chi connectivity index (χ4v) is 1.53. The van der Waals surface area contributed by atoms with Crippen LogP contribution in [0, 0.1) is 0 Å². The first-order valence-corrected chi connectivity index (χ1v) is 4.77. The molecule has 1 unspecified atom stereocenters. The summed E-state index contributed by atoms with van der Waals surface area (Å²) in [7, 11) is 0. The van der Waals surface area contributed by atoms with Gasteiger partial charge in [0.05, 0.1) is 5.92 Å². The highest BCUT2D eigenvalue weighted by Gasteiger charge is 2.39. The largest absolute Gasteiger partial charge is 0.395 e. The van der Waals surface area contributed by atoms with Crippen LogP contribution in [0.25, 0.3) is 0 Å². The molecule has 0 aliphatic carbocycles. The molecule has 1 aromatic carbocycles. The molecule has 1 rings (SSSR count). The van der Waals surface area contributed by atoms with Crippen molar-refractivity contribution in [1.29, 1.82) is 0 Å². The Labute approximate surface area is 85.7 Å². The molecule has 1 aromatic rings. The number of rotatable bonds is 3. The third-order valence-electron chi connectivity index (χ3n) is 1.99. The summed E-state index contributed by atoms with van der Waals surface area (Å²) in [4.78, 5) is 0. The third-order valence-corrected chi connectivity index (χ3v) is 2.21. The van der Waals surface area contributed by atoms with Crippen LogP contribution in [-0.4, -0.2) is 12.1 Å². The molecule has 0 amide bonds. The van der Waals surface area contributed by atoms with Gasteiger partial charge in [-0.05, 0) is 12.0 Å². The summed E-state index contributed by atoms with van der Waals surface area (Å²) in [5, 5.41) is 0. The van der Waals surface area contributed by atoms with Crippen LogP contribution in [0.15, 0.2) is 30.3 Å². The second kappa shape index (κ2) is 4.69. The number of alkyl halides is 4. The minimum absolute atomic E-state index is 0.0130. The first-order chi connectivity index (χ1) is 6.55. The SMILES string of the molecule is FC(F)(F)C(CCCl)c1ccccc1. The van der Waals surface area contributed by atoms with Crippen molar-refractivity contribution in [3.63, 3.8) is 0 Å². The summed E-state index contributed by atoms with van der Waals surface area (Å²) < 4.78 is 37.6. The Kier molecular flexibility index (Phi) is 3.81. The quantitative estimate of drug-likeness (QED) is 0.679. The topological polar surface area (TPSA) is 0 Å². The Morgan fingerprint density at radius 2 is 1.71 bits per heavy atom. The van der Waals surface area contributed by atoms with Gasteiger partial charge in [0, 0.05) is 5.88 Å². The van der Waals surface area contributed by atoms with Crippen molar-refractivity contribution < 1.29 is 13.2 Å². The average molecular weight is 223 g/mol. The minimum Gasteiger partial charge on any atom is -0.170 e. The zero-order chi connectivity index (χ0) is 10.6. The second-order valence-electron chi connectivity index (χ2n) is 2.98. The molecule has 14 heavy (non-hydrogen) atoms. The van der Waals surface area contributed by atoms with Gasteiger partial charge in [0.25, 0.3) is 0 Å². The predicted octanol–water partition coefficient (Wildman–Crippen LogP) is 3.96. The van der Waals surface area contributed by atoms with Crippen LogP contribution in [0.1, 0.15) is 17.9 Å². The Balaban J connectivity index is 2.89. The van der Waals surface area contributed by atoms with Crippen LogP contribution in [0.5, 0.6) is 0 Å². The van der Waals surface area contributed by atoms with Gasteiger partial charge in [-0.2, -0.15) is 13.2 Å². The first kappa shape index (κ1) is 11.4. The zero-order valence-corrected chi connectivity index (χ0v) is 8.15. The smallest absolute Gasteiger partial charge is 0.170 e. The lowest BCUT2D eigenvalue weighted by Crippen LogP contribution is -2.21. The van der Waals surface area contributed by atoms with Crippen LogP contribution in [-0.2, 0) is 0 Å². The monoisotopic (exact) mass is 222 g/mol. The van der Waals surface area contributed by atoms with E-state index in [-0.39, 0.29) is 17.9 Å². The molecule has 0 aromatic heterocycles. The molecular weight excluding hydrogens is 213 g/mol. The molecule has 0 spiro atoms. The molecule has 0 N–H and O–H groups in total. The zero-order valence-electron chi connectivity index (χ0n) is 7.39. The van der Waals surface area contributed by atoms with Crippen molar-refractivity contribution in [1.82, 2.24) is 0 Å². The van der Waals surface area contributed by atoms with Crippen molar-refractivity contribution in [2.75, 3.05) is 5.88 Å². The van der Waals surface area contributed by atoms with E-state index in [1.165, 1.54) is 12.1 Å². The summed E-state index contributed by atoms with van der Waals surface area (Å²) in [5.74, 6) is -1.43. The van der Waals surface area contributed by atoms with E-state index in [4.69, 9.17) is 11.6 Å². The van der Waals surface area contributed by atoms with Crippen molar-refractivity contribution in [3.8, 4) is 0 Å². The molecule has 0 aliphatic heterocycles. The van der Waals surface area contributed by atoms with Gasteiger partial charge in [-0.15, -0.1) is 11.6 Å². The normalized spacial score (nSPS) is 14.0. The number of benzene rings is 1. The number of hydrogen-bond donors (Lipinski definition) is 0. The first-order valence-electron chi connectivity index (χ1n) is 4.23. The Hall–Kier alpha value is -0.700. The van der Waals surface area contributed by atoms with Gasteiger partial charge in [-0.1, -0.05) is 30.3 Å². The van der Waals surface area contributed by atoms with Crippen molar-refractivity contribution in [2.45, 2.75) is 18.5 Å². The van der Waals surface area contributed by atoms with Crippen LogP contribution >= 0.6 is 11.6 Å². The summed E-state index contributed by atoms with van der Waals surface area (Å²) in [6.07, 6.45) is -4.29. The van der Waals surface area contributed by atoms with E-state index < -0.39 is 12.1 Å². The van der Waals surface area contributed by atoms with Crippen molar-refractivity contribution >= 4 is 11.6 Å². The van der Waals surface area contributed by atoms with E-state index >= 15 is 0 Å². The molecule has 0 nitrogen and oxygen atoms in total. The molecule has 4 heteroatoms. The summed E-state index contributed by atoms with van der Waals surface area (Å²) in [6, 6.07) is 7.84. The van der Waals surface area contributed by atoms with E-state index in [1.807, 2.05) is 0 Å². The van der Waals surface area contributed by atoms with Crippen molar-refractivity contribution in [2.24, 2.45) is 0 Å². The van der Waals surface area contributed by atoms with Gasteiger partial charge in [0.2, 0.25) is 0 Å². The summed E-state index contributed by atoms with van der Waals surface area (Å²) >= 11 is 5.35. The van der Waals surface area contributed by atoms with Crippen LogP contribution in [0.3, 0.4) is 0 Å². The Morgan fingerprint density at radius 1 is 1.14 bits per heavy atom. The minimum atomic E-state index is -4.21. The van der Waals surface area contributed by atoms with Gasteiger partial charge in [-0.25, -0.2) is 0 Å². The Bertz CT molecular complexity index is 268. The fourth-order valence-electron chi connectivity index (χ4n) is 1.31. The van der Waals surface area contributed by atoms with Crippen molar-refractivity contribution in [3.05, 3.63) is 35.9 Å². The number of halogens is 4. The molecule has 0 saturated heterocycles. The van der Waals surface area contributed by atoms with Gasteiger partial charge in [-0.3, -0.25) is 0 Å². The highest BCUT2D eigenvalue weighted by molar-refractivity contribution is 6.17. The molecular formula is C10H10ClF3. The van der Waals surface area contributed by atoms with E-state index in [9.17, 15) is 13.2 Å². The van der Waals surface area contributed by atoms with Crippen LogP contribution in [0.4, 0.5) is 13.2 Å². The average Bonchev–Trinajstić information content (AvgIpc) is 2.14. The van der Waals surface area contributed by atoms with E-state index in [0.717, 1.165) is 0 Å². The van der Waals surface area contributed by atoms with Gasteiger partial charge in [0.15, 0.2) is 0 Å². The lowest BCUT2D eigenvalue weighted by Gasteiger charge is -2.19. The van der Waals surface area contributed by atoms with Gasteiger partial charge >= 0.3 is 6.18 Å². The summed E-state index contributed by atoms with van der Waals surface area (Å²) in [6.45, 7) is 0. The molecule has 0 fully saturated rings. The van der Waals surface area contributed by atoms with E-state index in [1.54, 1.807) is 18.2 Å². The molecule has 0 bridgehead atoms. The number of hydrogen-bond acceptors (Lipinski definition) is 0. The van der Waals surface area contributed by atoms with E-state index in [0.29, 0.717) is 0 Å². The predicted molar refractivity (Wildman–Crippen MR) is 50.6 cm³/mol. The molecule has 1 atom stereocenters. The van der Waals surface area contributed by atoms with Gasteiger partial charge < -0.3 is 0 Å². The van der Waals surface area contributed by atoms with E-state index in [2.05, 4.69) is 0 Å². The lowest BCUT2D eigenvalue weighted by molar-refractivity contribution is -0.150. The molecule has 78 valence electrons. The molecule has 0 aliphatic rings. The molecule has 0 heterocycles. The maximum atomic E-state index is 12.5. The standard InChI is InChI=1S/C10H10ClF3/c11-7-6-9(10(12,13)14)8-4-2-1-3-5-8/h1-5,9H,6-7H2. The molecule has 0 radical (unpaired) electrons. The van der Waals surface area contributed by atoms with Gasteiger partial charge in [0.1, 0.15) is 0 Å². The maximum Gasteiger partial charge on any atom is 0.395 e. The van der Waals surface area contributed by atoms with Crippen LogP contribution in [0.2, 0.25) is 0 Å². The Morgan fingerprint density at radius 3 is 2.14 bits per heavy atom.